The maximum atomic E-state index is 13.1. The molecule has 1 aliphatic rings. The Morgan fingerprint density at radius 3 is 2.65 bits per heavy atom. The summed E-state index contributed by atoms with van der Waals surface area (Å²) in [4.78, 5) is 13.1. The molecule has 0 aliphatic heterocycles. The molecule has 1 heterocycles. The van der Waals surface area contributed by atoms with Gasteiger partial charge in [0.1, 0.15) is 0 Å². The number of rotatable bonds is 5. The van der Waals surface area contributed by atoms with Crippen molar-refractivity contribution in [3.63, 3.8) is 0 Å². The number of halogens is 3. The van der Waals surface area contributed by atoms with Gasteiger partial charge in [0.2, 0.25) is 0 Å². The van der Waals surface area contributed by atoms with E-state index in [1.807, 2.05) is 23.8 Å². The van der Waals surface area contributed by atoms with Crippen molar-refractivity contribution in [3.8, 4) is 0 Å². The second kappa shape index (κ2) is 7.58. The molecule has 7 heteroatoms. The fourth-order valence-corrected chi connectivity index (χ4v) is 4.67. The quantitative estimate of drug-likeness (QED) is 0.775. The second-order valence-corrected chi connectivity index (χ2v) is 8.09. The van der Waals surface area contributed by atoms with Gasteiger partial charge in [0, 0.05) is 17.4 Å². The molecule has 2 aromatic rings. The molecule has 0 fully saturated rings. The zero-order valence-electron chi connectivity index (χ0n) is 14.0. The fraction of sp³-hybridized carbons (Fsp3) is 0.316. The van der Waals surface area contributed by atoms with Crippen LogP contribution in [0.25, 0.3) is 5.57 Å². The van der Waals surface area contributed by atoms with Crippen LogP contribution in [-0.4, -0.2) is 23.3 Å². The van der Waals surface area contributed by atoms with Crippen molar-refractivity contribution in [1.29, 1.82) is 0 Å². The van der Waals surface area contributed by atoms with Crippen molar-refractivity contribution >= 4 is 34.5 Å². The summed E-state index contributed by atoms with van der Waals surface area (Å²) in [5.74, 6) is 0.652. The summed E-state index contributed by atoms with van der Waals surface area (Å²) in [7, 11) is 0. The molecule has 2 N–H and O–H groups in total. The average molecular weight is 397 g/mol. The van der Waals surface area contributed by atoms with Gasteiger partial charge in [0.25, 0.3) is 0 Å². The van der Waals surface area contributed by atoms with Crippen molar-refractivity contribution < 1.29 is 18.0 Å². The van der Waals surface area contributed by atoms with E-state index < -0.39 is 23.7 Å². The summed E-state index contributed by atoms with van der Waals surface area (Å²) in [5.41, 5.74) is 7.83. The van der Waals surface area contributed by atoms with Gasteiger partial charge < -0.3 is 5.73 Å². The summed E-state index contributed by atoms with van der Waals surface area (Å²) in [6, 6.07) is 6.30. The van der Waals surface area contributed by atoms with E-state index >= 15 is 0 Å². The number of nitrogens with two attached hydrogens (primary N) is 1. The summed E-state index contributed by atoms with van der Waals surface area (Å²) in [6.45, 7) is 1.99. The molecule has 0 amide bonds. The van der Waals surface area contributed by atoms with Crippen LogP contribution in [-0.2, 0) is 11.0 Å². The minimum Gasteiger partial charge on any atom is -0.323 e. The Balaban J connectivity index is 2.08. The molecule has 1 aromatic carbocycles. The number of hydrogen-bond acceptors (Lipinski definition) is 4. The molecule has 0 saturated carbocycles. The van der Waals surface area contributed by atoms with Gasteiger partial charge >= 0.3 is 6.18 Å². The predicted molar refractivity (Wildman–Crippen MR) is 101 cm³/mol. The number of hydrogen-bond donors (Lipinski definition) is 1. The third-order valence-electron chi connectivity index (χ3n) is 4.45. The van der Waals surface area contributed by atoms with E-state index in [1.54, 1.807) is 17.8 Å². The van der Waals surface area contributed by atoms with Crippen LogP contribution in [0.15, 0.2) is 46.7 Å². The number of allylic oxidation sites excluding steroid dienone is 1. The minimum absolute atomic E-state index is 0.193. The van der Waals surface area contributed by atoms with Crippen LogP contribution in [0.2, 0.25) is 0 Å². The Morgan fingerprint density at radius 2 is 2.04 bits per heavy atom. The molecule has 1 aliphatic carbocycles. The van der Waals surface area contributed by atoms with Crippen LogP contribution in [0, 0.1) is 0 Å². The maximum absolute atomic E-state index is 13.1. The van der Waals surface area contributed by atoms with Gasteiger partial charge in [-0.15, -0.1) is 0 Å². The van der Waals surface area contributed by atoms with Crippen LogP contribution < -0.4 is 5.73 Å². The number of alkyl halides is 3. The zero-order chi connectivity index (χ0) is 18.9. The van der Waals surface area contributed by atoms with Gasteiger partial charge in [-0.3, -0.25) is 4.79 Å². The number of ketones is 1. The monoisotopic (exact) mass is 397 g/mol. The second-order valence-electron chi connectivity index (χ2n) is 6.04. The first-order valence-corrected chi connectivity index (χ1v) is 10.2. The van der Waals surface area contributed by atoms with Crippen molar-refractivity contribution in [3.05, 3.63) is 63.4 Å². The fourth-order valence-electron chi connectivity index (χ4n) is 3.21. The Labute approximate surface area is 158 Å². The van der Waals surface area contributed by atoms with Crippen molar-refractivity contribution in [2.45, 2.75) is 25.1 Å². The largest absolute Gasteiger partial charge is 0.416 e. The van der Waals surface area contributed by atoms with E-state index in [2.05, 4.69) is 0 Å². The lowest BCUT2D eigenvalue weighted by molar-refractivity contribution is -0.137. The number of carbonyl (C=O) groups excluding carboxylic acids is 1. The Bertz CT molecular complexity index is 828. The highest BCUT2D eigenvalue weighted by Gasteiger charge is 2.41. The lowest BCUT2D eigenvalue weighted by Crippen LogP contribution is -2.29. The first kappa shape index (κ1) is 19.2. The molecule has 0 saturated heterocycles. The van der Waals surface area contributed by atoms with Gasteiger partial charge in [0.15, 0.2) is 5.78 Å². The molecule has 0 spiro atoms. The van der Waals surface area contributed by atoms with E-state index in [0.717, 1.165) is 29.0 Å². The standard InChI is InChI=1S/C19H18F3NOS2/c1-2-25-10-14-15(11-4-3-5-13(8-11)19(20,21)22)18(24)16(17(14)23)12-6-7-26-9-12/h3-9,16-17H,2,10,23H2,1H3. The van der Waals surface area contributed by atoms with Gasteiger partial charge in [-0.2, -0.15) is 36.3 Å². The molecular formula is C19H18F3NOS2. The Hall–Kier alpha value is -1.57. The molecule has 0 radical (unpaired) electrons. The van der Waals surface area contributed by atoms with Gasteiger partial charge in [-0.1, -0.05) is 19.1 Å². The Kier molecular flexibility index (Phi) is 5.60. The summed E-state index contributed by atoms with van der Waals surface area (Å²) >= 11 is 3.08. The van der Waals surface area contributed by atoms with Gasteiger partial charge in [-0.25, -0.2) is 0 Å². The van der Waals surface area contributed by atoms with E-state index in [4.69, 9.17) is 5.73 Å². The molecule has 1 aromatic heterocycles. The molecule has 26 heavy (non-hydrogen) atoms. The SMILES string of the molecule is CCSCC1=C(c2cccc(C(F)(F)F)c2)C(=O)C(c2ccsc2)C1N. The molecule has 0 bridgehead atoms. The third-order valence-corrected chi connectivity index (χ3v) is 6.08. The average Bonchev–Trinajstić information content (AvgIpc) is 3.19. The zero-order valence-corrected chi connectivity index (χ0v) is 15.7. The molecule has 2 atom stereocenters. The predicted octanol–water partition coefficient (Wildman–Crippen LogP) is 4.97. The first-order valence-electron chi connectivity index (χ1n) is 8.15. The molecule has 138 valence electrons. The smallest absolute Gasteiger partial charge is 0.323 e. The van der Waals surface area contributed by atoms with Gasteiger partial charge in [-0.05, 0) is 51.4 Å². The number of thioether (sulfide) groups is 1. The van der Waals surface area contributed by atoms with Crippen molar-refractivity contribution in [2.75, 3.05) is 11.5 Å². The lowest BCUT2D eigenvalue weighted by atomic mass is 9.92. The summed E-state index contributed by atoms with van der Waals surface area (Å²) < 4.78 is 39.3. The van der Waals surface area contributed by atoms with E-state index in [1.165, 1.54) is 17.4 Å². The molecule has 2 nitrogen and oxygen atoms in total. The number of carbonyl (C=O) groups is 1. The van der Waals surface area contributed by atoms with E-state index in [9.17, 15) is 18.0 Å². The number of benzene rings is 1. The molecule has 3 rings (SSSR count). The molecular weight excluding hydrogens is 379 g/mol. The van der Waals surface area contributed by atoms with Crippen molar-refractivity contribution in [2.24, 2.45) is 5.73 Å². The first-order chi connectivity index (χ1) is 12.3. The van der Waals surface area contributed by atoms with Gasteiger partial charge in [0.05, 0.1) is 11.5 Å². The van der Waals surface area contributed by atoms with Crippen LogP contribution in [0.3, 0.4) is 0 Å². The van der Waals surface area contributed by atoms with Crippen LogP contribution in [0.1, 0.15) is 29.5 Å². The Morgan fingerprint density at radius 1 is 1.27 bits per heavy atom. The van der Waals surface area contributed by atoms with E-state index in [-0.39, 0.29) is 5.78 Å². The topological polar surface area (TPSA) is 43.1 Å². The number of Topliss-reactive ketones (excluding diaryl/α,β-unsaturated/α-hetero) is 1. The number of thiophene rings is 1. The summed E-state index contributed by atoms with van der Waals surface area (Å²) in [5, 5.41) is 3.75. The normalized spacial score (nSPS) is 20.9. The summed E-state index contributed by atoms with van der Waals surface area (Å²) in [6.07, 6.45) is -4.45. The lowest BCUT2D eigenvalue weighted by Gasteiger charge is -2.16. The highest BCUT2D eigenvalue weighted by Crippen LogP contribution is 2.42. The molecule has 2 unspecified atom stereocenters. The minimum atomic E-state index is -4.45. The maximum Gasteiger partial charge on any atom is 0.416 e. The van der Waals surface area contributed by atoms with Crippen molar-refractivity contribution in [1.82, 2.24) is 0 Å². The van der Waals surface area contributed by atoms with E-state index in [0.29, 0.717) is 16.9 Å². The van der Waals surface area contributed by atoms with Crippen LogP contribution in [0.5, 0.6) is 0 Å². The van der Waals surface area contributed by atoms with Crippen LogP contribution in [0.4, 0.5) is 13.2 Å². The van der Waals surface area contributed by atoms with Crippen LogP contribution >= 0.6 is 23.1 Å². The highest BCUT2D eigenvalue weighted by molar-refractivity contribution is 7.99. The highest BCUT2D eigenvalue weighted by atomic mass is 32.2. The third kappa shape index (κ3) is 3.61.